The molecule has 1 heterocycles. The molecule has 5 aromatic rings. The van der Waals surface area contributed by atoms with Crippen LogP contribution in [0, 0.1) is 0 Å². The lowest BCUT2D eigenvalue weighted by atomic mass is 9.86. The largest absolute Gasteiger partial charge is 0.496 e. The zero-order chi connectivity index (χ0) is 42.9. The molecule has 0 saturated carbocycles. The highest BCUT2D eigenvalue weighted by Crippen LogP contribution is 2.46. The van der Waals surface area contributed by atoms with Gasteiger partial charge in [0.05, 0.1) is 36.8 Å². The summed E-state index contributed by atoms with van der Waals surface area (Å²) in [5.74, 6) is 0.791. The number of urea groups is 1. The fourth-order valence-corrected chi connectivity index (χ4v) is 6.89. The molecule has 0 aliphatic rings. The van der Waals surface area contributed by atoms with E-state index in [2.05, 4.69) is 20.3 Å². The Bertz CT molecular complexity index is 2350. The van der Waals surface area contributed by atoms with Crippen LogP contribution in [0.25, 0.3) is 10.8 Å². The number of hydrogen-bond donors (Lipinski definition) is 6. The summed E-state index contributed by atoms with van der Waals surface area (Å²) >= 11 is 0. The number of amides is 3. The molecule has 0 aliphatic heterocycles. The number of fused-ring (bicyclic) bond motifs is 1. The van der Waals surface area contributed by atoms with Crippen LogP contribution in [0.1, 0.15) is 62.4 Å². The van der Waals surface area contributed by atoms with Crippen LogP contribution in [0.15, 0.2) is 85.1 Å². The summed E-state index contributed by atoms with van der Waals surface area (Å²) in [7, 11) is 1.53. The lowest BCUT2D eigenvalue weighted by Gasteiger charge is -2.29. The summed E-state index contributed by atoms with van der Waals surface area (Å²) in [5, 5.41) is 16.4. The van der Waals surface area contributed by atoms with Gasteiger partial charge in [-0.15, -0.1) is 0 Å². The molecule has 5 rings (SSSR count). The first kappa shape index (κ1) is 43.7. The maximum absolute atomic E-state index is 13.4. The SMILES string of the molecule is COc1cc(Nc2cc(Oc3ccc(N(C(N)=O)c4cc(C(C)(C)C)cc(NS(C)=O)c4OC)c4ccccc34)ccn2)ccc1C(=O)NCCCCC[C@@H](N)C(=O)O. The van der Waals surface area contributed by atoms with E-state index in [1.807, 2.05) is 57.2 Å². The number of nitrogens with one attached hydrogen (secondary N) is 3. The number of carboxylic acids is 1. The Morgan fingerprint density at radius 3 is 2.31 bits per heavy atom. The number of nitrogens with zero attached hydrogens (tertiary/aromatic N) is 2. The molecule has 8 N–H and O–H groups in total. The molecule has 0 fully saturated rings. The molecule has 0 spiro atoms. The molecule has 312 valence electrons. The average molecular weight is 826 g/mol. The van der Waals surface area contributed by atoms with Gasteiger partial charge in [-0.25, -0.2) is 14.0 Å². The van der Waals surface area contributed by atoms with Crippen molar-refractivity contribution in [1.29, 1.82) is 0 Å². The van der Waals surface area contributed by atoms with E-state index in [1.54, 1.807) is 48.7 Å². The van der Waals surface area contributed by atoms with E-state index in [1.165, 1.54) is 25.4 Å². The van der Waals surface area contributed by atoms with Crippen molar-refractivity contribution in [2.75, 3.05) is 42.0 Å². The van der Waals surface area contributed by atoms with Crippen LogP contribution in [-0.2, 0) is 21.2 Å². The Kier molecular flexibility index (Phi) is 14.4. The molecule has 15 nitrogen and oxygen atoms in total. The Hall–Kier alpha value is -6.39. The number of anilines is 5. The summed E-state index contributed by atoms with van der Waals surface area (Å²) in [6, 6.07) is 21.6. The number of carbonyl (C=O) groups is 3. The van der Waals surface area contributed by atoms with Crippen LogP contribution in [0.2, 0.25) is 0 Å². The van der Waals surface area contributed by atoms with Gasteiger partial charge in [-0.2, -0.15) is 0 Å². The van der Waals surface area contributed by atoms with Gasteiger partial charge in [0.2, 0.25) is 0 Å². The van der Waals surface area contributed by atoms with Crippen molar-refractivity contribution >= 4 is 68.2 Å². The second-order valence-electron chi connectivity index (χ2n) is 14.8. The Morgan fingerprint density at radius 2 is 1.64 bits per heavy atom. The number of aromatic nitrogens is 1. The summed E-state index contributed by atoms with van der Waals surface area (Å²) in [6.07, 6.45) is 5.56. The molecule has 0 aliphatic carbocycles. The van der Waals surface area contributed by atoms with Crippen molar-refractivity contribution in [1.82, 2.24) is 10.3 Å². The van der Waals surface area contributed by atoms with Gasteiger partial charge in [0.1, 0.15) is 40.1 Å². The first-order valence-corrected chi connectivity index (χ1v) is 20.5. The number of aliphatic carboxylic acids is 1. The summed E-state index contributed by atoms with van der Waals surface area (Å²) in [6.45, 7) is 6.53. The third-order valence-electron chi connectivity index (χ3n) is 9.43. The zero-order valence-electron chi connectivity index (χ0n) is 34.0. The van der Waals surface area contributed by atoms with Crippen molar-refractivity contribution in [3.05, 3.63) is 96.2 Å². The number of methoxy groups -OCH3 is 2. The third kappa shape index (κ3) is 11.0. The average Bonchev–Trinajstić information content (AvgIpc) is 3.19. The molecule has 0 saturated heterocycles. The van der Waals surface area contributed by atoms with Crippen molar-refractivity contribution in [2.45, 2.75) is 57.9 Å². The predicted molar refractivity (Wildman–Crippen MR) is 232 cm³/mol. The number of ether oxygens (including phenoxy) is 3. The quantitative estimate of drug-likeness (QED) is 0.0470. The highest BCUT2D eigenvalue weighted by Gasteiger charge is 2.28. The van der Waals surface area contributed by atoms with E-state index < -0.39 is 29.0 Å². The smallest absolute Gasteiger partial charge is 0.324 e. The van der Waals surface area contributed by atoms with Crippen molar-refractivity contribution < 1.29 is 37.9 Å². The van der Waals surface area contributed by atoms with E-state index in [9.17, 15) is 18.6 Å². The molecular weight excluding hydrogens is 775 g/mol. The third-order valence-corrected chi connectivity index (χ3v) is 9.94. The number of hydrogen-bond acceptors (Lipinski definition) is 10. The van der Waals surface area contributed by atoms with Crippen LogP contribution >= 0.6 is 0 Å². The number of carboxylic acid groups (broad SMARTS) is 1. The minimum absolute atomic E-state index is 0.296. The molecule has 1 aromatic heterocycles. The van der Waals surface area contributed by atoms with Gasteiger partial charge in [-0.05, 0) is 66.3 Å². The monoisotopic (exact) mass is 825 g/mol. The Balaban J connectivity index is 1.37. The van der Waals surface area contributed by atoms with Crippen LogP contribution < -0.4 is 45.9 Å². The lowest BCUT2D eigenvalue weighted by Crippen LogP contribution is -2.32. The highest BCUT2D eigenvalue weighted by molar-refractivity contribution is 7.85. The molecule has 16 heteroatoms. The number of unbranched alkanes of at least 4 members (excludes halogenated alkanes) is 2. The lowest BCUT2D eigenvalue weighted by molar-refractivity contribution is -0.138. The van der Waals surface area contributed by atoms with Gasteiger partial charge >= 0.3 is 12.0 Å². The molecule has 4 aromatic carbocycles. The van der Waals surface area contributed by atoms with Crippen molar-refractivity contribution in [3.63, 3.8) is 0 Å². The van der Waals surface area contributed by atoms with E-state index in [0.29, 0.717) is 93.7 Å². The number of primary amides is 1. The second kappa shape index (κ2) is 19.4. The zero-order valence-corrected chi connectivity index (χ0v) is 34.8. The normalized spacial score (nSPS) is 12.3. The maximum atomic E-state index is 13.4. The van der Waals surface area contributed by atoms with Gasteiger partial charge in [-0.1, -0.05) is 57.9 Å². The fraction of sp³-hybridized carbons (Fsp3) is 0.302. The molecule has 59 heavy (non-hydrogen) atoms. The van der Waals surface area contributed by atoms with Crippen molar-refractivity contribution in [2.24, 2.45) is 11.5 Å². The van der Waals surface area contributed by atoms with Gasteiger partial charge in [0.15, 0.2) is 5.75 Å². The molecule has 1 unspecified atom stereocenters. The summed E-state index contributed by atoms with van der Waals surface area (Å²) < 4.78 is 33.0. The first-order valence-electron chi connectivity index (χ1n) is 18.9. The van der Waals surface area contributed by atoms with Crippen LogP contribution in [0.4, 0.5) is 33.4 Å². The second-order valence-corrected chi connectivity index (χ2v) is 15.9. The standard InChI is InChI=1S/C43H51N7O8S/c1-43(2,3)26-22-33(49-59(6)55)39(57-5)35(23-26)50(42(45)54)34-17-18-36(30-13-10-9-12-29(30)34)58-28-19-21-46-38(25-28)48-27-15-16-31(37(24-27)56-4)40(51)47-20-11-7-8-14-32(44)41(52)53/h9-10,12-13,15-19,21-25,32,49H,7-8,11,14,20,44H2,1-6H3,(H2,45,54)(H,46,48)(H,47,51)(H,52,53)/t32-,59?/m1/s1. The minimum Gasteiger partial charge on any atom is -0.496 e. The molecule has 2 atom stereocenters. The minimum atomic E-state index is -1.43. The van der Waals surface area contributed by atoms with Gasteiger partial charge in [-0.3, -0.25) is 14.5 Å². The fourth-order valence-electron chi connectivity index (χ4n) is 6.43. The van der Waals surface area contributed by atoms with Crippen LogP contribution in [-0.4, -0.2) is 65.3 Å². The van der Waals surface area contributed by atoms with E-state index in [-0.39, 0.29) is 11.3 Å². The van der Waals surface area contributed by atoms with Crippen LogP contribution in [0.3, 0.4) is 0 Å². The van der Waals surface area contributed by atoms with E-state index in [4.69, 9.17) is 30.8 Å². The van der Waals surface area contributed by atoms with E-state index >= 15 is 0 Å². The summed E-state index contributed by atoms with van der Waals surface area (Å²) in [5.41, 5.74) is 14.5. The topological polar surface area (TPSA) is 220 Å². The number of pyridine rings is 1. The number of rotatable bonds is 18. The van der Waals surface area contributed by atoms with Gasteiger partial charge in [0, 0.05) is 47.6 Å². The molecule has 0 radical (unpaired) electrons. The Morgan fingerprint density at radius 1 is 0.898 bits per heavy atom. The predicted octanol–water partition coefficient (Wildman–Crippen LogP) is 7.71. The van der Waals surface area contributed by atoms with Gasteiger partial charge in [0.25, 0.3) is 5.91 Å². The summed E-state index contributed by atoms with van der Waals surface area (Å²) in [4.78, 5) is 43.1. The Labute approximate surface area is 346 Å². The van der Waals surface area contributed by atoms with Crippen LogP contribution in [0.5, 0.6) is 23.0 Å². The van der Waals surface area contributed by atoms with Crippen molar-refractivity contribution in [3.8, 4) is 23.0 Å². The highest BCUT2D eigenvalue weighted by atomic mass is 32.2. The number of carbonyl (C=O) groups excluding carboxylic acids is 2. The maximum Gasteiger partial charge on any atom is 0.324 e. The first-order chi connectivity index (χ1) is 28.1. The molecular formula is C43H51N7O8S. The van der Waals surface area contributed by atoms with Gasteiger partial charge < -0.3 is 46.1 Å². The number of nitrogens with two attached hydrogens (primary N) is 2. The van der Waals surface area contributed by atoms with E-state index in [0.717, 1.165) is 12.0 Å². The molecule has 3 amide bonds. The molecule has 0 bridgehead atoms. The number of benzene rings is 4.